The number of alkyl halides is 1. The number of halogens is 1. The standard InChI is InChI=1S/C18H15P.C9H11Cl/c1-4-10-16(11-5-1)19(17-12-6-2-7-13-17)18-14-8-3-9-15-18;1-7-4-3-5-9(6-10)8(7)2/h1-15H;3-5H,6H2,1-2H3. The molecule has 0 nitrogen and oxygen atoms in total. The molecule has 0 aromatic heterocycles. The molecular weight excluding hydrogens is 391 g/mol. The Bertz CT molecular complexity index is 904. The molecule has 0 saturated carbocycles. The van der Waals surface area contributed by atoms with Gasteiger partial charge in [-0.2, -0.15) is 0 Å². The second-order valence-electron chi connectivity index (χ2n) is 6.83. The molecule has 0 aliphatic heterocycles. The predicted octanol–water partition coefficient (Wildman–Crippen LogP) is 6.49. The van der Waals surface area contributed by atoms with Gasteiger partial charge in [-0.15, -0.1) is 11.6 Å². The van der Waals surface area contributed by atoms with Gasteiger partial charge in [-0.3, -0.25) is 0 Å². The molecule has 0 fully saturated rings. The van der Waals surface area contributed by atoms with Crippen molar-refractivity contribution in [1.29, 1.82) is 0 Å². The number of aryl methyl sites for hydroxylation is 1. The average Bonchev–Trinajstić information content (AvgIpc) is 2.79. The minimum atomic E-state index is -0.446. The van der Waals surface area contributed by atoms with E-state index in [1.165, 1.54) is 32.6 Å². The van der Waals surface area contributed by atoms with Crippen molar-refractivity contribution in [2.75, 3.05) is 0 Å². The molecule has 0 heterocycles. The summed E-state index contributed by atoms with van der Waals surface area (Å²) in [6.07, 6.45) is 0. The van der Waals surface area contributed by atoms with E-state index in [2.05, 4.69) is 117 Å². The van der Waals surface area contributed by atoms with Gasteiger partial charge in [0.1, 0.15) is 0 Å². The van der Waals surface area contributed by atoms with Gasteiger partial charge in [-0.05, 0) is 54.4 Å². The van der Waals surface area contributed by atoms with Gasteiger partial charge in [0.25, 0.3) is 0 Å². The van der Waals surface area contributed by atoms with Crippen LogP contribution in [0.25, 0.3) is 0 Å². The van der Waals surface area contributed by atoms with Gasteiger partial charge >= 0.3 is 0 Å². The normalized spacial score (nSPS) is 10.3. The Balaban J connectivity index is 0.000000204. The van der Waals surface area contributed by atoms with E-state index in [1.807, 2.05) is 6.07 Å². The highest BCUT2D eigenvalue weighted by Crippen LogP contribution is 2.32. The van der Waals surface area contributed by atoms with Crippen molar-refractivity contribution in [3.05, 3.63) is 126 Å². The lowest BCUT2D eigenvalue weighted by molar-refractivity contribution is 1.24. The first-order valence-electron chi connectivity index (χ1n) is 9.77. The molecule has 4 aromatic rings. The molecular formula is C27H26ClP. The topological polar surface area (TPSA) is 0 Å². The summed E-state index contributed by atoms with van der Waals surface area (Å²) >= 11 is 5.70. The Kier molecular flexibility index (Phi) is 8.05. The summed E-state index contributed by atoms with van der Waals surface area (Å²) in [6, 6.07) is 38.5. The summed E-state index contributed by atoms with van der Waals surface area (Å²) in [6.45, 7) is 4.21. The maximum atomic E-state index is 5.70. The second-order valence-corrected chi connectivity index (χ2v) is 9.32. The molecule has 0 aliphatic carbocycles. The lowest BCUT2D eigenvalue weighted by atomic mass is 10.1. The predicted molar refractivity (Wildman–Crippen MR) is 131 cm³/mol. The third-order valence-electron chi connectivity index (χ3n) is 4.90. The van der Waals surface area contributed by atoms with Crippen molar-refractivity contribution in [2.24, 2.45) is 0 Å². The van der Waals surface area contributed by atoms with Crippen LogP contribution in [0, 0.1) is 13.8 Å². The van der Waals surface area contributed by atoms with Crippen LogP contribution >= 0.6 is 19.5 Å². The first-order chi connectivity index (χ1) is 14.2. The van der Waals surface area contributed by atoms with Crippen LogP contribution in [0.2, 0.25) is 0 Å². The Labute approximate surface area is 181 Å². The van der Waals surface area contributed by atoms with Crippen LogP contribution in [0.1, 0.15) is 16.7 Å². The van der Waals surface area contributed by atoms with Gasteiger partial charge in [-0.25, -0.2) is 0 Å². The van der Waals surface area contributed by atoms with Gasteiger partial charge in [0.05, 0.1) is 0 Å². The van der Waals surface area contributed by atoms with E-state index in [4.69, 9.17) is 11.6 Å². The van der Waals surface area contributed by atoms with Gasteiger partial charge in [-0.1, -0.05) is 109 Å². The van der Waals surface area contributed by atoms with Crippen molar-refractivity contribution in [3.63, 3.8) is 0 Å². The first-order valence-corrected chi connectivity index (χ1v) is 11.6. The van der Waals surface area contributed by atoms with Crippen molar-refractivity contribution < 1.29 is 0 Å². The van der Waals surface area contributed by atoms with Crippen LogP contribution in [-0.4, -0.2) is 0 Å². The molecule has 0 aliphatic rings. The Morgan fingerprint density at radius 3 is 1.31 bits per heavy atom. The smallest absolute Gasteiger partial charge is 0.0476 e. The summed E-state index contributed by atoms with van der Waals surface area (Å²) in [5, 5.41) is 4.19. The summed E-state index contributed by atoms with van der Waals surface area (Å²) in [5.74, 6) is 0.619. The molecule has 0 spiro atoms. The minimum absolute atomic E-state index is 0.446. The van der Waals surface area contributed by atoms with E-state index in [0.717, 1.165) is 0 Å². The zero-order valence-corrected chi connectivity index (χ0v) is 18.6. The molecule has 0 amide bonds. The zero-order valence-electron chi connectivity index (χ0n) is 16.9. The lowest BCUT2D eigenvalue weighted by Crippen LogP contribution is -2.20. The third kappa shape index (κ3) is 5.80. The Morgan fingerprint density at radius 1 is 0.552 bits per heavy atom. The summed E-state index contributed by atoms with van der Waals surface area (Å²) < 4.78 is 0. The Hall–Kier alpha value is -2.40. The van der Waals surface area contributed by atoms with Gasteiger partial charge in [0.2, 0.25) is 0 Å². The molecule has 29 heavy (non-hydrogen) atoms. The molecule has 0 radical (unpaired) electrons. The number of rotatable bonds is 4. The zero-order chi connectivity index (χ0) is 20.5. The van der Waals surface area contributed by atoms with E-state index in [-0.39, 0.29) is 0 Å². The van der Waals surface area contributed by atoms with Crippen LogP contribution in [0.5, 0.6) is 0 Å². The van der Waals surface area contributed by atoms with Crippen LogP contribution in [-0.2, 0) is 5.88 Å². The van der Waals surface area contributed by atoms with E-state index >= 15 is 0 Å². The maximum Gasteiger partial charge on any atom is 0.0476 e. The second kappa shape index (κ2) is 11.0. The first kappa shape index (κ1) is 21.3. The average molecular weight is 417 g/mol. The fourth-order valence-corrected chi connectivity index (χ4v) is 5.73. The molecule has 0 N–H and O–H groups in total. The van der Waals surface area contributed by atoms with Crippen molar-refractivity contribution in [1.82, 2.24) is 0 Å². The van der Waals surface area contributed by atoms with Gasteiger partial charge in [0.15, 0.2) is 0 Å². The highest BCUT2D eigenvalue weighted by molar-refractivity contribution is 7.79. The minimum Gasteiger partial charge on any atom is -0.122 e. The number of benzene rings is 4. The van der Waals surface area contributed by atoms with Crippen LogP contribution in [0.15, 0.2) is 109 Å². The third-order valence-corrected chi connectivity index (χ3v) is 7.64. The van der Waals surface area contributed by atoms with Crippen LogP contribution < -0.4 is 15.9 Å². The summed E-state index contributed by atoms with van der Waals surface area (Å²) in [7, 11) is -0.446. The van der Waals surface area contributed by atoms with Crippen molar-refractivity contribution in [3.8, 4) is 0 Å². The quantitative estimate of drug-likeness (QED) is 0.263. The molecule has 146 valence electrons. The highest BCUT2D eigenvalue weighted by Gasteiger charge is 2.14. The maximum absolute atomic E-state index is 5.70. The summed E-state index contributed by atoms with van der Waals surface area (Å²) in [5.41, 5.74) is 3.87. The fourth-order valence-electron chi connectivity index (χ4n) is 3.14. The summed E-state index contributed by atoms with van der Waals surface area (Å²) in [4.78, 5) is 0. The van der Waals surface area contributed by atoms with Crippen LogP contribution in [0.4, 0.5) is 0 Å². The van der Waals surface area contributed by atoms with Crippen molar-refractivity contribution in [2.45, 2.75) is 19.7 Å². The molecule has 0 bridgehead atoms. The highest BCUT2D eigenvalue weighted by atomic mass is 35.5. The molecule has 0 unspecified atom stereocenters. The van der Waals surface area contributed by atoms with Gasteiger partial charge in [0, 0.05) is 5.88 Å². The molecule has 4 rings (SSSR count). The van der Waals surface area contributed by atoms with E-state index in [1.54, 1.807) is 0 Å². The largest absolute Gasteiger partial charge is 0.122 e. The fraction of sp³-hybridized carbons (Fsp3) is 0.111. The van der Waals surface area contributed by atoms with E-state index in [0.29, 0.717) is 5.88 Å². The Morgan fingerprint density at radius 2 is 0.966 bits per heavy atom. The monoisotopic (exact) mass is 416 g/mol. The number of hydrogen-bond acceptors (Lipinski definition) is 0. The van der Waals surface area contributed by atoms with Gasteiger partial charge < -0.3 is 0 Å². The SMILES string of the molecule is Cc1cccc(CCl)c1C.c1ccc(P(c2ccccc2)c2ccccc2)cc1. The molecule has 2 heteroatoms. The molecule has 4 aromatic carbocycles. The van der Waals surface area contributed by atoms with E-state index in [9.17, 15) is 0 Å². The molecule has 0 saturated heterocycles. The number of hydrogen-bond donors (Lipinski definition) is 0. The van der Waals surface area contributed by atoms with E-state index < -0.39 is 7.92 Å². The molecule has 0 atom stereocenters. The lowest BCUT2D eigenvalue weighted by Gasteiger charge is -2.18. The van der Waals surface area contributed by atoms with Crippen LogP contribution in [0.3, 0.4) is 0 Å². The van der Waals surface area contributed by atoms with Crippen molar-refractivity contribution >= 4 is 35.4 Å².